The summed E-state index contributed by atoms with van der Waals surface area (Å²) in [5, 5.41) is 11.5. The van der Waals surface area contributed by atoms with Gasteiger partial charge in [-0.2, -0.15) is 9.57 Å². The van der Waals surface area contributed by atoms with E-state index in [0.717, 1.165) is 6.07 Å². The molecule has 1 heterocycles. The van der Waals surface area contributed by atoms with Crippen LogP contribution in [0, 0.1) is 17.1 Å². The number of sulfonamides is 1. The third-order valence-corrected chi connectivity index (χ3v) is 6.12. The lowest BCUT2D eigenvalue weighted by Crippen LogP contribution is -2.51. The maximum atomic E-state index is 13.3. The van der Waals surface area contributed by atoms with Gasteiger partial charge in [-0.25, -0.2) is 17.6 Å². The predicted molar refractivity (Wildman–Crippen MR) is 96.9 cm³/mol. The Balaban J connectivity index is 1.61. The van der Waals surface area contributed by atoms with E-state index >= 15 is 0 Å². The maximum absolute atomic E-state index is 13.3. The number of hydrogen-bond acceptors (Lipinski definition) is 4. The van der Waals surface area contributed by atoms with Gasteiger partial charge in [0.2, 0.25) is 10.0 Å². The van der Waals surface area contributed by atoms with Crippen molar-refractivity contribution in [2.75, 3.05) is 31.5 Å². The van der Waals surface area contributed by atoms with Gasteiger partial charge in [0, 0.05) is 31.9 Å². The van der Waals surface area contributed by atoms with Crippen LogP contribution in [0.15, 0.2) is 53.4 Å². The zero-order chi connectivity index (χ0) is 19.4. The van der Waals surface area contributed by atoms with Gasteiger partial charge in [0.25, 0.3) is 0 Å². The lowest BCUT2D eigenvalue weighted by atomic mass is 10.2. The minimum Gasteiger partial charge on any atom is -0.322 e. The molecule has 1 fully saturated rings. The Labute approximate surface area is 156 Å². The summed E-state index contributed by atoms with van der Waals surface area (Å²) in [6.07, 6.45) is 0. The molecule has 0 bridgehead atoms. The molecule has 0 atom stereocenters. The van der Waals surface area contributed by atoms with E-state index in [0.29, 0.717) is 11.3 Å². The van der Waals surface area contributed by atoms with Gasteiger partial charge in [0.15, 0.2) is 0 Å². The smallest absolute Gasteiger partial charge is 0.321 e. The van der Waals surface area contributed by atoms with E-state index in [-0.39, 0.29) is 37.1 Å². The molecule has 2 aromatic rings. The SMILES string of the molecule is N#Cc1ccc(NC(=O)N2CCN(S(=O)(=O)c3cccc(F)c3)CC2)cc1. The largest absolute Gasteiger partial charge is 0.322 e. The van der Waals surface area contributed by atoms with Crippen LogP contribution in [0.3, 0.4) is 0 Å². The van der Waals surface area contributed by atoms with Gasteiger partial charge >= 0.3 is 6.03 Å². The van der Waals surface area contributed by atoms with Crippen molar-refractivity contribution in [3.05, 3.63) is 59.9 Å². The Morgan fingerprint density at radius 1 is 1.07 bits per heavy atom. The Bertz CT molecular complexity index is 978. The molecule has 0 unspecified atom stereocenters. The first-order valence-electron chi connectivity index (χ1n) is 8.22. The number of nitriles is 1. The third-order valence-electron chi connectivity index (χ3n) is 4.22. The summed E-state index contributed by atoms with van der Waals surface area (Å²) in [5.41, 5.74) is 1.04. The molecule has 0 aliphatic carbocycles. The van der Waals surface area contributed by atoms with Gasteiger partial charge in [-0.3, -0.25) is 0 Å². The Kier molecular flexibility index (Phi) is 5.39. The fourth-order valence-corrected chi connectivity index (χ4v) is 4.19. The van der Waals surface area contributed by atoms with E-state index in [1.165, 1.54) is 27.4 Å². The standard InChI is InChI=1S/C18H17FN4O3S/c19-15-2-1-3-17(12-15)27(25,26)23-10-8-22(9-11-23)18(24)21-16-6-4-14(13-20)5-7-16/h1-7,12H,8-11H2,(H,21,24). The number of hydrogen-bond donors (Lipinski definition) is 1. The second kappa shape index (κ2) is 7.73. The number of nitrogens with zero attached hydrogens (tertiary/aromatic N) is 3. The number of carbonyl (C=O) groups is 1. The molecule has 2 amide bonds. The summed E-state index contributed by atoms with van der Waals surface area (Å²) >= 11 is 0. The van der Waals surface area contributed by atoms with Crippen molar-refractivity contribution in [2.24, 2.45) is 0 Å². The molecular formula is C18H17FN4O3S. The number of carbonyl (C=O) groups excluding carboxylic acids is 1. The van der Waals surface area contributed by atoms with Crippen molar-refractivity contribution in [2.45, 2.75) is 4.90 Å². The Morgan fingerprint density at radius 3 is 2.33 bits per heavy atom. The van der Waals surface area contributed by atoms with Crippen molar-refractivity contribution in [3.63, 3.8) is 0 Å². The van der Waals surface area contributed by atoms with Crippen molar-refractivity contribution < 1.29 is 17.6 Å². The fourth-order valence-electron chi connectivity index (χ4n) is 2.74. The number of benzene rings is 2. The lowest BCUT2D eigenvalue weighted by Gasteiger charge is -2.34. The number of piperazine rings is 1. The minimum absolute atomic E-state index is 0.0991. The number of anilines is 1. The molecule has 140 valence electrons. The highest BCUT2D eigenvalue weighted by molar-refractivity contribution is 7.89. The van der Waals surface area contributed by atoms with Crippen molar-refractivity contribution in [1.82, 2.24) is 9.21 Å². The quantitative estimate of drug-likeness (QED) is 0.873. The highest BCUT2D eigenvalue weighted by atomic mass is 32.2. The maximum Gasteiger partial charge on any atom is 0.321 e. The van der Waals surface area contributed by atoms with E-state index in [4.69, 9.17) is 5.26 Å². The van der Waals surface area contributed by atoms with Crippen molar-refractivity contribution >= 4 is 21.7 Å². The molecule has 7 nitrogen and oxygen atoms in total. The first-order chi connectivity index (χ1) is 12.9. The highest BCUT2D eigenvalue weighted by Crippen LogP contribution is 2.19. The summed E-state index contributed by atoms with van der Waals surface area (Å²) in [7, 11) is -3.80. The zero-order valence-corrected chi connectivity index (χ0v) is 15.1. The topological polar surface area (TPSA) is 93.5 Å². The van der Waals surface area contributed by atoms with Crippen molar-refractivity contribution in [3.8, 4) is 6.07 Å². The first-order valence-corrected chi connectivity index (χ1v) is 9.66. The van der Waals surface area contributed by atoms with Crippen LogP contribution in [0.2, 0.25) is 0 Å². The summed E-state index contributed by atoms with van der Waals surface area (Å²) < 4.78 is 39.7. The van der Waals surface area contributed by atoms with Gasteiger partial charge < -0.3 is 10.2 Å². The van der Waals surface area contributed by atoms with Crippen LogP contribution in [0.25, 0.3) is 0 Å². The Morgan fingerprint density at radius 2 is 1.74 bits per heavy atom. The van der Waals surface area contributed by atoms with Crippen LogP contribution < -0.4 is 5.32 Å². The van der Waals surface area contributed by atoms with Crippen LogP contribution in [0.1, 0.15) is 5.56 Å². The van der Waals surface area contributed by atoms with E-state index in [1.54, 1.807) is 24.3 Å². The average Bonchev–Trinajstić information content (AvgIpc) is 2.68. The van der Waals surface area contributed by atoms with Gasteiger partial charge in [-0.15, -0.1) is 0 Å². The number of amides is 2. The zero-order valence-electron chi connectivity index (χ0n) is 14.3. The molecule has 0 aromatic heterocycles. The average molecular weight is 388 g/mol. The molecule has 1 aliphatic heterocycles. The molecule has 2 aromatic carbocycles. The summed E-state index contributed by atoms with van der Waals surface area (Å²) in [4.78, 5) is 13.7. The molecule has 0 spiro atoms. The molecule has 9 heteroatoms. The van der Waals surface area contributed by atoms with Crippen LogP contribution in [-0.4, -0.2) is 49.8 Å². The molecule has 27 heavy (non-hydrogen) atoms. The summed E-state index contributed by atoms with van der Waals surface area (Å²) in [6.45, 7) is 0.687. The molecule has 3 rings (SSSR count). The molecular weight excluding hydrogens is 371 g/mol. The van der Waals surface area contributed by atoms with Gasteiger partial charge in [0.05, 0.1) is 16.5 Å². The van der Waals surface area contributed by atoms with Crippen LogP contribution >= 0.6 is 0 Å². The number of nitrogens with one attached hydrogen (secondary N) is 1. The fraction of sp³-hybridized carbons (Fsp3) is 0.222. The summed E-state index contributed by atoms with van der Waals surface area (Å²) in [5.74, 6) is -0.614. The highest BCUT2D eigenvalue weighted by Gasteiger charge is 2.30. The molecule has 1 aliphatic rings. The van der Waals surface area contributed by atoms with E-state index < -0.39 is 15.8 Å². The second-order valence-corrected chi connectivity index (χ2v) is 7.91. The predicted octanol–water partition coefficient (Wildman–Crippen LogP) is 2.24. The number of urea groups is 1. The lowest BCUT2D eigenvalue weighted by molar-refractivity contribution is 0.184. The van der Waals surface area contributed by atoms with Crippen molar-refractivity contribution in [1.29, 1.82) is 5.26 Å². The summed E-state index contributed by atoms with van der Waals surface area (Å²) in [6, 6.07) is 13.0. The monoisotopic (exact) mass is 388 g/mol. The van der Waals surface area contributed by atoms with Gasteiger partial charge in [0.1, 0.15) is 5.82 Å². The molecule has 1 saturated heterocycles. The molecule has 0 saturated carbocycles. The van der Waals surface area contributed by atoms with E-state index in [9.17, 15) is 17.6 Å². The minimum atomic E-state index is -3.80. The van der Waals surface area contributed by atoms with E-state index in [2.05, 4.69) is 5.32 Å². The van der Waals surface area contributed by atoms with Gasteiger partial charge in [-0.05, 0) is 42.5 Å². The van der Waals surface area contributed by atoms with Crippen LogP contribution in [-0.2, 0) is 10.0 Å². The molecule has 1 N–H and O–H groups in total. The van der Waals surface area contributed by atoms with Gasteiger partial charge in [-0.1, -0.05) is 6.07 Å². The molecule has 0 radical (unpaired) electrons. The first kappa shape index (κ1) is 18.8. The van der Waals surface area contributed by atoms with Crippen LogP contribution in [0.4, 0.5) is 14.9 Å². The van der Waals surface area contributed by atoms with Crippen LogP contribution in [0.5, 0.6) is 0 Å². The Hall–Kier alpha value is -2.96. The number of rotatable bonds is 3. The number of halogens is 1. The van der Waals surface area contributed by atoms with E-state index in [1.807, 2.05) is 6.07 Å². The second-order valence-electron chi connectivity index (χ2n) is 5.97. The normalized spacial score (nSPS) is 15.2. The third kappa shape index (κ3) is 4.24.